The van der Waals surface area contributed by atoms with Gasteiger partial charge < -0.3 is 4.74 Å². The molecular weight excluding hydrogens is 233 g/mol. The van der Waals surface area contributed by atoms with Gasteiger partial charge in [0.05, 0.1) is 0 Å². The third-order valence-electron chi connectivity index (χ3n) is 2.42. The standard InChI is InChI=1S/C11H14ClNO.ClH/c1-8-10(14-11(2,12)13-8)9-6-4-3-5-7-9;/h3-8,10,13H,1-2H3;1H. The van der Waals surface area contributed by atoms with Gasteiger partial charge in [0.1, 0.15) is 6.10 Å². The number of alkyl halides is 1. The Morgan fingerprint density at radius 3 is 2.40 bits per heavy atom. The fraction of sp³-hybridized carbons (Fsp3) is 0.455. The van der Waals surface area contributed by atoms with Gasteiger partial charge in [0.2, 0.25) is 0 Å². The van der Waals surface area contributed by atoms with Crippen LogP contribution in [-0.4, -0.2) is 11.2 Å². The van der Waals surface area contributed by atoms with Crippen molar-refractivity contribution in [2.24, 2.45) is 0 Å². The smallest absolute Gasteiger partial charge is 0.194 e. The Balaban J connectivity index is 0.00000112. The summed E-state index contributed by atoms with van der Waals surface area (Å²) in [5, 5.41) is 2.45. The first-order valence-corrected chi connectivity index (χ1v) is 5.16. The summed E-state index contributed by atoms with van der Waals surface area (Å²) in [4.78, 5) is 0. The Morgan fingerprint density at radius 1 is 1.33 bits per heavy atom. The number of hydrogen-bond donors (Lipinski definition) is 1. The fourth-order valence-electron chi connectivity index (χ4n) is 1.86. The molecule has 0 spiro atoms. The maximum atomic E-state index is 6.07. The van der Waals surface area contributed by atoms with Gasteiger partial charge in [-0.25, -0.2) is 0 Å². The van der Waals surface area contributed by atoms with Crippen LogP contribution in [0.5, 0.6) is 0 Å². The van der Waals surface area contributed by atoms with Gasteiger partial charge in [-0.05, 0) is 19.4 Å². The van der Waals surface area contributed by atoms with Gasteiger partial charge >= 0.3 is 0 Å². The van der Waals surface area contributed by atoms with Crippen molar-refractivity contribution in [3.63, 3.8) is 0 Å². The van der Waals surface area contributed by atoms with E-state index in [1.807, 2.05) is 25.1 Å². The highest BCUT2D eigenvalue weighted by atomic mass is 35.5. The van der Waals surface area contributed by atoms with E-state index in [2.05, 4.69) is 24.4 Å². The molecule has 15 heavy (non-hydrogen) atoms. The Bertz CT molecular complexity index is 316. The van der Waals surface area contributed by atoms with Crippen molar-refractivity contribution in [1.82, 2.24) is 5.32 Å². The van der Waals surface area contributed by atoms with Gasteiger partial charge in [-0.3, -0.25) is 5.32 Å². The number of hydrogen-bond acceptors (Lipinski definition) is 2. The second-order valence-electron chi connectivity index (χ2n) is 3.80. The van der Waals surface area contributed by atoms with E-state index in [4.69, 9.17) is 16.3 Å². The summed E-state index contributed by atoms with van der Waals surface area (Å²) in [5.41, 5.74) is 1.16. The molecule has 3 unspecified atom stereocenters. The molecule has 1 aromatic rings. The van der Waals surface area contributed by atoms with Crippen molar-refractivity contribution >= 4 is 24.0 Å². The highest BCUT2D eigenvalue weighted by Crippen LogP contribution is 2.34. The van der Waals surface area contributed by atoms with Crippen LogP contribution in [0.15, 0.2) is 30.3 Å². The highest BCUT2D eigenvalue weighted by Gasteiger charge is 2.39. The van der Waals surface area contributed by atoms with Gasteiger partial charge in [0, 0.05) is 6.04 Å². The third kappa shape index (κ3) is 2.85. The molecule has 1 N–H and O–H groups in total. The fourth-order valence-corrected chi connectivity index (χ4v) is 2.12. The van der Waals surface area contributed by atoms with Gasteiger partial charge in [-0.15, -0.1) is 12.4 Å². The predicted molar refractivity (Wildman–Crippen MR) is 64.4 cm³/mol. The van der Waals surface area contributed by atoms with Crippen molar-refractivity contribution in [3.8, 4) is 0 Å². The van der Waals surface area contributed by atoms with Crippen molar-refractivity contribution in [2.75, 3.05) is 0 Å². The average molecular weight is 248 g/mol. The normalized spacial score (nSPS) is 34.9. The minimum Gasteiger partial charge on any atom is -0.337 e. The first kappa shape index (κ1) is 12.8. The van der Waals surface area contributed by atoms with E-state index in [1.165, 1.54) is 0 Å². The number of benzene rings is 1. The van der Waals surface area contributed by atoms with Crippen molar-refractivity contribution in [2.45, 2.75) is 31.2 Å². The maximum Gasteiger partial charge on any atom is 0.194 e. The molecule has 2 rings (SSSR count). The molecule has 0 saturated carbocycles. The minimum atomic E-state index is -0.736. The topological polar surface area (TPSA) is 21.3 Å². The molecule has 1 aliphatic rings. The molecule has 1 saturated heterocycles. The van der Waals surface area contributed by atoms with E-state index >= 15 is 0 Å². The lowest BCUT2D eigenvalue weighted by atomic mass is 10.0. The van der Waals surface area contributed by atoms with Gasteiger partial charge in [0.15, 0.2) is 5.18 Å². The molecule has 3 atom stereocenters. The molecule has 0 radical (unpaired) electrons. The zero-order valence-electron chi connectivity index (χ0n) is 8.74. The molecule has 1 aliphatic heterocycles. The lowest BCUT2D eigenvalue weighted by Gasteiger charge is -2.16. The van der Waals surface area contributed by atoms with Crippen LogP contribution >= 0.6 is 24.0 Å². The van der Waals surface area contributed by atoms with Crippen LogP contribution in [0.1, 0.15) is 25.5 Å². The van der Waals surface area contributed by atoms with Crippen LogP contribution in [0.4, 0.5) is 0 Å². The minimum absolute atomic E-state index is 0. The summed E-state index contributed by atoms with van der Waals surface area (Å²) in [7, 11) is 0. The molecule has 4 heteroatoms. The Morgan fingerprint density at radius 2 is 1.93 bits per heavy atom. The number of ether oxygens (including phenoxy) is 1. The molecule has 84 valence electrons. The van der Waals surface area contributed by atoms with E-state index < -0.39 is 5.18 Å². The maximum absolute atomic E-state index is 6.07. The molecule has 1 heterocycles. The second kappa shape index (κ2) is 4.71. The molecule has 1 aromatic carbocycles. The Hall–Kier alpha value is -0.280. The average Bonchev–Trinajstić information content (AvgIpc) is 2.41. The molecule has 1 fully saturated rings. The Labute approximate surface area is 101 Å². The number of rotatable bonds is 1. The molecule has 0 aromatic heterocycles. The van der Waals surface area contributed by atoms with Gasteiger partial charge in [0.25, 0.3) is 0 Å². The van der Waals surface area contributed by atoms with E-state index in [9.17, 15) is 0 Å². The third-order valence-corrected chi connectivity index (χ3v) is 2.61. The predicted octanol–water partition coefficient (Wildman–Crippen LogP) is 3.07. The van der Waals surface area contributed by atoms with E-state index in [-0.39, 0.29) is 24.6 Å². The largest absolute Gasteiger partial charge is 0.337 e. The lowest BCUT2D eigenvalue weighted by Crippen LogP contribution is -2.34. The summed E-state index contributed by atoms with van der Waals surface area (Å²) < 4.78 is 5.70. The van der Waals surface area contributed by atoms with Crippen LogP contribution in [0.2, 0.25) is 0 Å². The van der Waals surface area contributed by atoms with Crippen molar-refractivity contribution in [1.29, 1.82) is 0 Å². The summed E-state index contributed by atoms with van der Waals surface area (Å²) in [5.74, 6) is 0. The van der Waals surface area contributed by atoms with Crippen LogP contribution in [0.3, 0.4) is 0 Å². The first-order chi connectivity index (χ1) is 6.58. The summed E-state index contributed by atoms with van der Waals surface area (Å²) >= 11 is 6.07. The van der Waals surface area contributed by atoms with Crippen LogP contribution < -0.4 is 5.32 Å². The summed E-state index contributed by atoms with van der Waals surface area (Å²) in [6.07, 6.45) is 0.0405. The monoisotopic (exact) mass is 247 g/mol. The zero-order chi connectivity index (χ0) is 10.2. The SMILES string of the molecule is CC1NC(C)(Cl)OC1c1ccccc1.Cl. The van der Waals surface area contributed by atoms with Crippen LogP contribution in [0.25, 0.3) is 0 Å². The molecule has 0 aliphatic carbocycles. The summed E-state index contributed by atoms with van der Waals surface area (Å²) in [6, 6.07) is 10.4. The zero-order valence-corrected chi connectivity index (χ0v) is 10.3. The van der Waals surface area contributed by atoms with Crippen LogP contribution in [0, 0.1) is 0 Å². The second-order valence-corrected chi connectivity index (χ2v) is 4.52. The van der Waals surface area contributed by atoms with Crippen LogP contribution in [-0.2, 0) is 4.74 Å². The Kier molecular flexibility index (Phi) is 4.01. The van der Waals surface area contributed by atoms with Gasteiger partial charge in [-0.2, -0.15) is 0 Å². The highest BCUT2D eigenvalue weighted by molar-refractivity contribution is 6.22. The quantitative estimate of drug-likeness (QED) is 0.609. The van der Waals surface area contributed by atoms with Crippen molar-refractivity contribution in [3.05, 3.63) is 35.9 Å². The number of halogens is 2. The number of nitrogens with one attached hydrogen (secondary N) is 1. The lowest BCUT2D eigenvalue weighted by molar-refractivity contribution is 0.0192. The first-order valence-electron chi connectivity index (χ1n) is 4.78. The molecular formula is C11H15Cl2NO. The van der Waals surface area contributed by atoms with Gasteiger partial charge in [-0.1, -0.05) is 41.9 Å². The van der Waals surface area contributed by atoms with E-state index in [0.29, 0.717) is 0 Å². The molecule has 0 amide bonds. The molecule has 2 nitrogen and oxygen atoms in total. The van der Waals surface area contributed by atoms with Crippen molar-refractivity contribution < 1.29 is 4.74 Å². The molecule has 0 bridgehead atoms. The van der Waals surface area contributed by atoms with E-state index in [1.54, 1.807) is 0 Å². The summed E-state index contributed by atoms with van der Waals surface area (Å²) in [6.45, 7) is 3.90. The van der Waals surface area contributed by atoms with E-state index in [0.717, 1.165) is 5.56 Å².